The molecular weight excluding hydrogens is 230 g/mol. The van der Waals surface area contributed by atoms with E-state index in [1.54, 1.807) is 33.3 Å². The summed E-state index contributed by atoms with van der Waals surface area (Å²) in [7, 11) is 4.90. The van der Waals surface area contributed by atoms with Crippen LogP contribution < -0.4 is 5.73 Å². The van der Waals surface area contributed by atoms with Crippen LogP contribution in [0.25, 0.3) is 0 Å². The number of carbonyl (C=O) groups is 2. The van der Waals surface area contributed by atoms with Crippen LogP contribution in [0.15, 0.2) is 18.2 Å². The SMILES string of the molecule is Cc1cccc(N)c1C(=O)N(C)CC(=O)N(C)C. The fourth-order valence-corrected chi connectivity index (χ4v) is 1.59. The summed E-state index contributed by atoms with van der Waals surface area (Å²) in [4.78, 5) is 26.6. The fraction of sp³-hybridized carbons (Fsp3) is 0.385. The lowest BCUT2D eigenvalue weighted by atomic mass is 10.1. The van der Waals surface area contributed by atoms with Crippen LogP contribution in [0, 0.1) is 6.92 Å². The van der Waals surface area contributed by atoms with E-state index < -0.39 is 0 Å². The fourth-order valence-electron chi connectivity index (χ4n) is 1.59. The molecule has 2 amide bonds. The molecule has 5 nitrogen and oxygen atoms in total. The first kappa shape index (κ1) is 14.0. The standard InChI is InChI=1S/C13H19N3O2/c1-9-6-5-7-10(14)12(9)13(18)16(4)8-11(17)15(2)3/h5-7H,8,14H2,1-4H3. The zero-order valence-corrected chi connectivity index (χ0v) is 11.2. The van der Waals surface area contributed by atoms with E-state index in [4.69, 9.17) is 5.73 Å². The minimum Gasteiger partial charge on any atom is -0.398 e. The second-order valence-corrected chi connectivity index (χ2v) is 4.49. The number of rotatable bonds is 3. The van der Waals surface area contributed by atoms with E-state index in [9.17, 15) is 9.59 Å². The lowest BCUT2D eigenvalue weighted by molar-refractivity contribution is -0.129. The monoisotopic (exact) mass is 249 g/mol. The molecule has 0 aliphatic heterocycles. The van der Waals surface area contributed by atoms with E-state index in [1.807, 2.05) is 13.0 Å². The van der Waals surface area contributed by atoms with Gasteiger partial charge >= 0.3 is 0 Å². The Morgan fingerprint density at radius 2 is 1.83 bits per heavy atom. The first-order valence-corrected chi connectivity index (χ1v) is 5.65. The molecule has 0 saturated heterocycles. The third-order valence-corrected chi connectivity index (χ3v) is 2.74. The number of nitrogens with two attached hydrogens (primary N) is 1. The molecule has 0 atom stereocenters. The molecule has 0 bridgehead atoms. The largest absolute Gasteiger partial charge is 0.398 e. The number of anilines is 1. The van der Waals surface area contributed by atoms with Crippen molar-refractivity contribution in [3.8, 4) is 0 Å². The molecule has 0 aliphatic carbocycles. The van der Waals surface area contributed by atoms with Gasteiger partial charge in [-0.1, -0.05) is 12.1 Å². The highest BCUT2D eigenvalue weighted by Gasteiger charge is 2.19. The summed E-state index contributed by atoms with van der Waals surface area (Å²) in [5.41, 5.74) is 7.52. The van der Waals surface area contributed by atoms with Crippen LogP contribution in [0.4, 0.5) is 5.69 Å². The van der Waals surface area contributed by atoms with Gasteiger partial charge in [0.05, 0.1) is 12.1 Å². The number of nitrogens with zero attached hydrogens (tertiary/aromatic N) is 2. The Morgan fingerprint density at radius 1 is 1.22 bits per heavy atom. The van der Waals surface area contributed by atoms with Crippen molar-refractivity contribution in [3.05, 3.63) is 29.3 Å². The summed E-state index contributed by atoms with van der Waals surface area (Å²) in [5.74, 6) is -0.362. The van der Waals surface area contributed by atoms with Crippen molar-refractivity contribution >= 4 is 17.5 Å². The van der Waals surface area contributed by atoms with Gasteiger partial charge in [0.25, 0.3) is 5.91 Å². The predicted molar refractivity (Wildman–Crippen MR) is 71.2 cm³/mol. The maximum atomic E-state index is 12.2. The van der Waals surface area contributed by atoms with Gasteiger partial charge in [-0.3, -0.25) is 9.59 Å². The summed E-state index contributed by atoms with van der Waals surface area (Å²) in [6.07, 6.45) is 0. The predicted octanol–water partition coefficient (Wildman–Crippen LogP) is 0.737. The molecule has 5 heteroatoms. The van der Waals surface area contributed by atoms with Crippen LogP contribution in [-0.2, 0) is 4.79 Å². The van der Waals surface area contributed by atoms with Crippen molar-refractivity contribution in [2.24, 2.45) is 0 Å². The number of amides is 2. The minimum absolute atomic E-state index is 0.0413. The zero-order valence-electron chi connectivity index (χ0n) is 11.2. The van der Waals surface area contributed by atoms with Gasteiger partial charge in [0, 0.05) is 26.8 Å². The lowest BCUT2D eigenvalue weighted by Crippen LogP contribution is -2.38. The number of nitrogen functional groups attached to an aromatic ring is 1. The van der Waals surface area contributed by atoms with Gasteiger partial charge in [-0.25, -0.2) is 0 Å². The molecule has 0 aliphatic rings. The topological polar surface area (TPSA) is 66.6 Å². The molecule has 1 rings (SSSR count). The Bertz CT molecular complexity index is 449. The summed E-state index contributed by atoms with van der Waals surface area (Å²) in [6, 6.07) is 5.31. The van der Waals surface area contributed by atoms with Gasteiger partial charge < -0.3 is 15.5 Å². The van der Waals surface area contributed by atoms with Gasteiger partial charge in [-0.15, -0.1) is 0 Å². The van der Waals surface area contributed by atoms with Crippen LogP contribution in [-0.4, -0.2) is 49.3 Å². The summed E-state index contributed by atoms with van der Waals surface area (Å²) < 4.78 is 0. The van der Waals surface area contributed by atoms with Crippen molar-refractivity contribution in [2.75, 3.05) is 33.4 Å². The smallest absolute Gasteiger partial charge is 0.256 e. The van der Waals surface area contributed by atoms with Gasteiger partial charge in [0.1, 0.15) is 0 Å². The second-order valence-electron chi connectivity index (χ2n) is 4.49. The van der Waals surface area contributed by atoms with Gasteiger partial charge in [-0.05, 0) is 18.6 Å². The van der Waals surface area contributed by atoms with Crippen LogP contribution in [0.3, 0.4) is 0 Å². The minimum atomic E-state index is -0.235. The number of hydrogen-bond donors (Lipinski definition) is 1. The molecule has 98 valence electrons. The Hall–Kier alpha value is -2.04. The summed E-state index contributed by atoms with van der Waals surface area (Å²) in [6.45, 7) is 1.87. The summed E-state index contributed by atoms with van der Waals surface area (Å²) in [5, 5.41) is 0. The van der Waals surface area contributed by atoms with E-state index in [1.165, 1.54) is 9.80 Å². The number of benzene rings is 1. The van der Waals surface area contributed by atoms with Crippen molar-refractivity contribution in [1.82, 2.24) is 9.80 Å². The first-order chi connectivity index (χ1) is 8.34. The highest BCUT2D eigenvalue weighted by molar-refractivity contribution is 6.01. The molecule has 0 fully saturated rings. The average molecular weight is 249 g/mol. The molecule has 0 radical (unpaired) electrons. The van der Waals surface area contributed by atoms with Crippen LogP contribution >= 0.6 is 0 Å². The van der Waals surface area contributed by atoms with Gasteiger partial charge in [0.15, 0.2) is 0 Å². The molecular formula is C13H19N3O2. The Balaban J connectivity index is 2.91. The molecule has 1 aromatic rings. The van der Waals surface area contributed by atoms with E-state index in [0.717, 1.165) is 5.56 Å². The summed E-state index contributed by atoms with van der Waals surface area (Å²) >= 11 is 0. The van der Waals surface area contributed by atoms with Crippen molar-refractivity contribution in [1.29, 1.82) is 0 Å². The van der Waals surface area contributed by atoms with Crippen LogP contribution in [0.1, 0.15) is 15.9 Å². The van der Waals surface area contributed by atoms with Crippen molar-refractivity contribution < 1.29 is 9.59 Å². The maximum absolute atomic E-state index is 12.2. The Labute approximate surface area is 107 Å². The molecule has 2 N–H and O–H groups in total. The number of aryl methyl sites for hydroxylation is 1. The Kier molecular flexibility index (Phi) is 4.31. The maximum Gasteiger partial charge on any atom is 0.256 e. The normalized spacial score (nSPS) is 10.0. The second kappa shape index (κ2) is 5.53. The first-order valence-electron chi connectivity index (χ1n) is 5.65. The highest BCUT2D eigenvalue weighted by Crippen LogP contribution is 2.17. The molecule has 0 heterocycles. The quantitative estimate of drug-likeness (QED) is 0.803. The van der Waals surface area contributed by atoms with Gasteiger partial charge in [-0.2, -0.15) is 0 Å². The molecule has 0 saturated carbocycles. The highest BCUT2D eigenvalue weighted by atomic mass is 16.2. The molecule has 1 aromatic carbocycles. The third-order valence-electron chi connectivity index (χ3n) is 2.74. The van der Waals surface area contributed by atoms with E-state index in [0.29, 0.717) is 11.3 Å². The lowest BCUT2D eigenvalue weighted by Gasteiger charge is -2.20. The van der Waals surface area contributed by atoms with Crippen molar-refractivity contribution in [3.63, 3.8) is 0 Å². The molecule has 0 aromatic heterocycles. The molecule has 0 unspecified atom stereocenters. The number of likely N-dealkylation sites (N-methyl/N-ethyl adjacent to an activating group) is 2. The van der Waals surface area contributed by atoms with Crippen LogP contribution in [0.2, 0.25) is 0 Å². The van der Waals surface area contributed by atoms with E-state index >= 15 is 0 Å². The number of carbonyl (C=O) groups excluding carboxylic acids is 2. The van der Waals surface area contributed by atoms with Gasteiger partial charge in [0.2, 0.25) is 5.91 Å². The third kappa shape index (κ3) is 3.00. The zero-order chi connectivity index (χ0) is 13.9. The Morgan fingerprint density at radius 3 is 2.33 bits per heavy atom. The molecule has 18 heavy (non-hydrogen) atoms. The van der Waals surface area contributed by atoms with E-state index in [2.05, 4.69) is 0 Å². The average Bonchev–Trinajstić information content (AvgIpc) is 2.28. The van der Waals surface area contributed by atoms with E-state index in [-0.39, 0.29) is 18.4 Å². The van der Waals surface area contributed by atoms with Crippen LogP contribution in [0.5, 0.6) is 0 Å². The van der Waals surface area contributed by atoms with Crippen molar-refractivity contribution in [2.45, 2.75) is 6.92 Å². The number of hydrogen-bond acceptors (Lipinski definition) is 3. The molecule has 0 spiro atoms.